The lowest BCUT2D eigenvalue weighted by Gasteiger charge is -1.95. The molecule has 0 aliphatic rings. The van der Waals surface area contributed by atoms with Crippen LogP contribution in [-0.4, -0.2) is 15.9 Å². The van der Waals surface area contributed by atoms with Gasteiger partial charge in [-0.3, -0.25) is 0 Å². The molecule has 1 aromatic carbocycles. The number of aromatic nitrogens is 1. The highest BCUT2D eigenvalue weighted by molar-refractivity contribution is 7.12. The van der Waals surface area contributed by atoms with Gasteiger partial charge in [0, 0.05) is 16.0 Å². The van der Waals surface area contributed by atoms with Crippen molar-refractivity contribution in [1.29, 1.82) is 5.26 Å². The van der Waals surface area contributed by atoms with E-state index in [0.717, 1.165) is 11.3 Å². The minimum absolute atomic E-state index is 0.0878. The Labute approximate surface area is 106 Å². The highest BCUT2D eigenvalue weighted by Crippen LogP contribution is 2.23. The van der Waals surface area contributed by atoms with E-state index in [9.17, 15) is 0 Å². The van der Waals surface area contributed by atoms with Crippen LogP contribution in [0.2, 0.25) is 5.02 Å². The lowest BCUT2D eigenvalue weighted by molar-refractivity contribution is 0.320. The molecule has 2 aromatic rings. The van der Waals surface area contributed by atoms with Gasteiger partial charge in [-0.05, 0) is 12.1 Å². The van der Waals surface area contributed by atoms with Crippen molar-refractivity contribution in [3.05, 3.63) is 39.7 Å². The van der Waals surface area contributed by atoms with Crippen LogP contribution in [0, 0.1) is 11.3 Å². The number of nitrogens with zero attached hydrogens (tertiary/aromatic N) is 3. The van der Waals surface area contributed by atoms with Crippen LogP contribution in [0.5, 0.6) is 0 Å². The molecule has 4 nitrogen and oxygen atoms in total. The third-order valence-electron chi connectivity index (χ3n) is 2.05. The van der Waals surface area contributed by atoms with Crippen LogP contribution in [0.15, 0.2) is 34.8 Å². The molecule has 0 bridgehead atoms. The maximum Gasteiger partial charge on any atom is 0.215 e. The number of hydrogen-bond donors (Lipinski definition) is 1. The average Bonchev–Trinajstić information content (AvgIpc) is 2.81. The number of benzene rings is 1. The van der Waals surface area contributed by atoms with Crippen molar-refractivity contribution in [2.75, 3.05) is 0 Å². The van der Waals surface area contributed by atoms with E-state index in [2.05, 4.69) is 10.1 Å². The number of halogens is 1. The highest BCUT2D eigenvalue weighted by atomic mass is 35.5. The quantitative estimate of drug-likeness (QED) is 0.514. The molecular weight excluding hydrogens is 258 g/mol. The van der Waals surface area contributed by atoms with E-state index in [4.69, 9.17) is 22.1 Å². The predicted molar refractivity (Wildman–Crippen MR) is 66.5 cm³/mol. The van der Waals surface area contributed by atoms with Crippen molar-refractivity contribution in [3.63, 3.8) is 0 Å². The minimum Gasteiger partial charge on any atom is -0.410 e. The van der Waals surface area contributed by atoms with E-state index in [-0.39, 0.29) is 5.71 Å². The summed E-state index contributed by atoms with van der Waals surface area (Å²) in [5.41, 5.74) is 1.53. The van der Waals surface area contributed by atoms with Crippen molar-refractivity contribution < 1.29 is 5.21 Å². The van der Waals surface area contributed by atoms with E-state index in [1.165, 1.54) is 11.3 Å². The summed E-state index contributed by atoms with van der Waals surface area (Å²) in [7, 11) is 0. The largest absolute Gasteiger partial charge is 0.410 e. The second-order valence-electron chi connectivity index (χ2n) is 3.11. The summed E-state index contributed by atoms with van der Waals surface area (Å²) in [6, 6.07) is 8.97. The lowest BCUT2D eigenvalue weighted by atomic mass is 10.2. The number of rotatable bonds is 2. The molecule has 0 fully saturated rings. The van der Waals surface area contributed by atoms with Gasteiger partial charge in [0.1, 0.15) is 6.07 Å². The van der Waals surface area contributed by atoms with Crippen LogP contribution in [-0.2, 0) is 0 Å². The van der Waals surface area contributed by atoms with Gasteiger partial charge in [0.05, 0.1) is 5.69 Å². The zero-order valence-electron chi connectivity index (χ0n) is 8.46. The number of hydrogen-bond acceptors (Lipinski definition) is 5. The Morgan fingerprint density at radius 2 is 2.12 bits per heavy atom. The first-order chi connectivity index (χ1) is 8.24. The van der Waals surface area contributed by atoms with E-state index < -0.39 is 0 Å². The summed E-state index contributed by atoms with van der Waals surface area (Å²) in [6.07, 6.45) is 0. The molecule has 0 radical (unpaired) electrons. The van der Waals surface area contributed by atoms with Crippen molar-refractivity contribution in [3.8, 4) is 17.3 Å². The molecule has 0 amide bonds. The molecule has 0 saturated carbocycles. The molecule has 0 aliphatic heterocycles. The highest BCUT2D eigenvalue weighted by Gasteiger charge is 2.10. The summed E-state index contributed by atoms with van der Waals surface area (Å²) < 4.78 is 0. The monoisotopic (exact) mass is 263 g/mol. The molecule has 1 aromatic heterocycles. The summed E-state index contributed by atoms with van der Waals surface area (Å²) >= 11 is 7.04. The maximum absolute atomic E-state index is 8.70. The maximum atomic E-state index is 8.70. The average molecular weight is 264 g/mol. The molecule has 1 N–H and O–H groups in total. The van der Waals surface area contributed by atoms with Crippen molar-refractivity contribution >= 4 is 28.6 Å². The van der Waals surface area contributed by atoms with E-state index in [0.29, 0.717) is 10.0 Å². The lowest BCUT2D eigenvalue weighted by Crippen LogP contribution is -1.95. The molecule has 0 aliphatic carbocycles. The van der Waals surface area contributed by atoms with E-state index >= 15 is 0 Å². The van der Waals surface area contributed by atoms with Crippen LogP contribution in [0.3, 0.4) is 0 Å². The summed E-state index contributed by atoms with van der Waals surface area (Å²) in [6.45, 7) is 0. The Hall–Kier alpha value is -1.90. The van der Waals surface area contributed by atoms with Gasteiger partial charge in [-0.25, -0.2) is 4.98 Å². The standard InChI is InChI=1S/C11H6ClN3OS/c12-8-3-1-7(2-4-8)10-6-17-11(14-10)9(5-13)15-16/h1-4,6,16H/b15-9+. The van der Waals surface area contributed by atoms with Crippen molar-refractivity contribution in [1.82, 2.24) is 4.98 Å². The van der Waals surface area contributed by atoms with E-state index in [1.807, 2.05) is 12.1 Å². The van der Waals surface area contributed by atoms with Crippen LogP contribution < -0.4 is 0 Å². The van der Waals surface area contributed by atoms with Crippen LogP contribution in [0.1, 0.15) is 5.01 Å². The zero-order valence-corrected chi connectivity index (χ0v) is 10.0. The van der Waals surface area contributed by atoms with Gasteiger partial charge in [-0.15, -0.1) is 11.3 Å². The Morgan fingerprint density at radius 1 is 1.41 bits per heavy atom. The molecule has 0 atom stereocenters. The minimum atomic E-state index is -0.0878. The topological polar surface area (TPSA) is 69.3 Å². The van der Waals surface area contributed by atoms with Gasteiger partial charge in [-0.1, -0.05) is 28.9 Å². The van der Waals surface area contributed by atoms with Gasteiger partial charge in [0.2, 0.25) is 5.71 Å². The first-order valence-corrected chi connectivity index (χ1v) is 5.84. The fourth-order valence-corrected chi connectivity index (χ4v) is 2.14. The Bertz CT molecular complexity index is 598. The SMILES string of the molecule is N#C/C(=N\O)c1nc(-c2ccc(Cl)cc2)cs1. The molecule has 0 spiro atoms. The normalized spacial score (nSPS) is 11.2. The summed E-state index contributed by atoms with van der Waals surface area (Å²) in [4.78, 5) is 4.21. The van der Waals surface area contributed by atoms with Crippen LogP contribution in [0.25, 0.3) is 11.3 Å². The first-order valence-electron chi connectivity index (χ1n) is 4.58. The second-order valence-corrected chi connectivity index (χ2v) is 4.40. The molecule has 0 unspecified atom stereocenters. The molecule has 1 heterocycles. The molecule has 2 rings (SSSR count). The van der Waals surface area contributed by atoms with Crippen LogP contribution >= 0.6 is 22.9 Å². The number of nitriles is 1. The van der Waals surface area contributed by atoms with Gasteiger partial charge in [0.25, 0.3) is 0 Å². The Kier molecular flexibility index (Phi) is 3.38. The molecule has 6 heteroatoms. The molecule has 17 heavy (non-hydrogen) atoms. The second kappa shape index (κ2) is 4.95. The third kappa shape index (κ3) is 2.44. The molecular formula is C11H6ClN3OS. The molecule has 84 valence electrons. The smallest absolute Gasteiger partial charge is 0.215 e. The van der Waals surface area contributed by atoms with Gasteiger partial charge < -0.3 is 5.21 Å². The summed E-state index contributed by atoms with van der Waals surface area (Å²) in [5.74, 6) is 0. The zero-order chi connectivity index (χ0) is 12.3. The fraction of sp³-hybridized carbons (Fsp3) is 0. The van der Waals surface area contributed by atoms with E-state index in [1.54, 1.807) is 23.6 Å². The molecule has 0 saturated heterocycles. The fourth-order valence-electron chi connectivity index (χ4n) is 1.25. The Morgan fingerprint density at radius 3 is 2.71 bits per heavy atom. The third-order valence-corrected chi connectivity index (χ3v) is 3.15. The Balaban J connectivity index is 2.37. The van der Waals surface area contributed by atoms with Gasteiger partial charge >= 0.3 is 0 Å². The van der Waals surface area contributed by atoms with Crippen molar-refractivity contribution in [2.24, 2.45) is 5.16 Å². The van der Waals surface area contributed by atoms with Crippen molar-refractivity contribution in [2.45, 2.75) is 0 Å². The van der Waals surface area contributed by atoms with Gasteiger partial charge in [0.15, 0.2) is 5.01 Å². The van der Waals surface area contributed by atoms with Crippen LogP contribution in [0.4, 0.5) is 0 Å². The number of thiazole rings is 1. The predicted octanol–water partition coefficient (Wildman–Crippen LogP) is 3.17. The van der Waals surface area contributed by atoms with Gasteiger partial charge in [-0.2, -0.15) is 5.26 Å². The number of oxime groups is 1. The summed E-state index contributed by atoms with van der Waals surface area (Å²) in [5, 5.41) is 23.0. The first kappa shape index (κ1) is 11.6.